The first kappa shape index (κ1) is 19.8. The molecule has 3 nitrogen and oxygen atoms in total. The van der Waals surface area contributed by atoms with Crippen LogP contribution in [0.4, 0.5) is 24.5 Å². The van der Waals surface area contributed by atoms with E-state index in [2.05, 4.69) is 5.32 Å². The number of carbonyl (C=O) groups excluding carboxylic acids is 1. The van der Waals surface area contributed by atoms with Gasteiger partial charge in [-0.15, -0.1) is 0 Å². The molecule has 0 spiro atoms. The summed E-state index contributed by atoms with van der Waals surface area (Å²) in [4.78, 5) is 14.4. The lowest BCUT2D eigenvalue weighted by Crippen LogP contribution is -2.34. The largest absolute Gasteiger partial charge is 0.350 e. The number of amides is 1. The third-order valence-electron chi connectivity index (χ3n) is 3.96. The molecule has 26 heavy (non-hydrogen) atoms. The molecular formula is C20H23F3N2O. The molecule has 1 N–H and O–H groups in total. The van der Waals surface area contributed by atoms with Gasteiger partial charge in [-0.05, 0) is 49.6 Å². The van der Waals surface area contributed by atoms with Crippen molar-refractivity contribution in [1.82, 2.24) is 4.90 Å². The number of benzene rings is 2. The zero-order valence-corrected chi connectivity index (χ0v) is 15.4. The molecule has 0 saturated carbocycles. The van der Waals surface area contributed by atoms with E-state index in [0.717, 1.165) is 6.07 Å². The Morgan fingerprint density at radius 1 is 1.12 bits per heavy atom. The minimum Gasteiger partial charge on any atom is -0.350 e. The third kappa shape index (κ3) is 4.36. The van der Waals surface area contributed by atoms with E-state index in [-0.39, 0.29) is 22.9 Å². The molecule has 1 amide bonds. The van der Waals surface area contributed by atoms with Gasteiger partial charge < -0.3 is 10.2 Å². The molecule has 6 heteroatoms. The number of nitrogens with zero attached hydrogens (tertiary/aromatic N) is 1. The number of hydrogen-bond donors (Lipinski definition) is 1. The molecule has 2 aromatic rings. The van der Waals surface area contributed by atoms with Crippen LogP contribution in [-0.4, -0.2) is 23.9 Å². The minimum atomic E-state index is -1.21. The molecule has 2 rings (SSSR count). The fourth-order valence-corrected chi connectivity index (χ4v) is 2.67. The lowest BCUT2D eigenvalue weighted by Gasteiger charge is -2.24. The molecule has 0 bridgehead atoms. The van der Waals surface area contributed by atoms with Gasteiger partial charge in [-0.1, -0.05) is 19.9 Å². The van der Waals surface area contributed by atoms with E-state index in [4.69, 9.17) is 0 Å². The predicted octanol–water partition coefficient (Wildman–Crippen LogP) is 5.27. The summed E-state index contributed by atoms with van der Waals surface area (Å²) in [5, 5.41) is 2.55. The summed E-state index contributed by atoms with van der Waals surface area (Å²) in [5.41, 5.74) is 0.269. The van der Waals surface area contributed by atoms with Crippen LogP contribution in [0.2, 0.25) is 0 Å². The van der Waals surface area contributed by atoms with E-state index < -0.39 is 23.4 Å². The van der Waals surface area contributed by atoms with E-state index >= 15 is 0 Å². The van der Waals surface area contributed by atoms with Crippen molar-refractivity contribution in [3.8, 4) is 0 Å². The number of halogens is 3. The lowest BCUT2D eigenvalue weighted by molar-refractivity contribution is 0.0746. The summed E-state index contributed by atoms with van der Waals surface area (Å²) in [6, 6.07) is 6.47. The van der Waals surface area contributed by atoms with Crippen LogP contribution < -0.4 is 5.32 Å². The van der Waals surface area contributed by atoms with Crippen LogP contribution in [0.1, 0.15) is 36.7 Å². The fraction of sp³-hybridized carbons (Fsp3) is 0.350. The molecule has 0 radical (unpaired) electrons. The number of carbonyl (C=O) groups is 1. The van der Waals surface area contributed by atoms with E-state index in [0.29, 0.717) is 18.7 Å². The molecule has 0 unspecified atom stereocenters. The van der Waals surface area contributed by atoms with Crippen LogP contribution in [-0.2, 0) is 0 Å². The molecule has 0 atom stereocenters. The summed E-state index contributed by atoms with van der Waals surface area (Å²) in [6.45, 7) is 8.35. The summed E-state index contributed by atoms with van der Waals surface area (Å²) < 4.78 is 42.3. The number of nitrogens with one attached hydrogen (secondary N) is 1. The molecule has 140 valence electrons. The van der Waals surface area contributed by atoms with Crippen LogP contribution in [0.25, 0.3) is 0 Å². The van der Waals surface area contributed by atoms with Gasteiger partial charge in [-0.3, -0.25) is 4.79 Å². The van der Waals surface area contributed by atoms with Gasteiger partial charge in [0.2, 0.25) is 0 Å². The van der Waals surface area contributed by atoms with Gasteiger partial charge in [-0.25, -0.2) is 13.2 Å². The molecule has 0 fully saturated rings. The number of rotatable bonds is 6. The average molecular weight is 364 g/mol. The van der Waals surface area contributed by atoms with Crippen LogP contribution in [0.15, 0.2) is 30.3 Å². The molecular weight excluding hydrogens is 341 g/mol. The molecule has 0 aliphatic heterocycles. The van der Waals surface area contributed by atoms with Crippen molar-refractivity contribution in [3.05, 3.63) is 58.9 Å². The highest BCUT2D eigenvalue weighted by atomic mass is 19.2. The number of hydrogen-bond acceptors (Lipinski definition) is 2. The first-order chi connectivity index (χ1) is 12.2. The summed E-state index contributed by atoms with van der Waals surface area (Å²) in [5.74, 6) is -3.15. The van der Waals surface area contributed by atoms with Gasteiger partial charge in [0.25, 0.3) is 5.91 Å². The SMILES string of the molecule is CCN(CC(C)C)C(=O)c1ccc(F)c(F)c1Nc1ccc(C)cc1F. The Morgan fingerprint density at radius 3 is 2.38 bits per heavy atom. The van der Waals surface area contributed by atoms with Gasteiger partial charge >= 0.3 is 0 Å². The van der Waals surface area contributed by atoms with E-state index in [1.807, 2.05) is 20.8 Å². The maximum Gasteiger partial charge on any atom is 0.256 e. The Labute approximate surface area is 151 Å². The zero-order valence-electron chi connectivity index (χ0n) is 15.4. The van der Waals surface area contributed by atoms with Crippen molar-refractivity contribution in [3.63, 3.8) is 0 Å². The normalized spacial score (nSPS) is 10.9. The molecule has 0 aliphatic carbocycles. The van der Waals surface area contributed by atoms with E-state index in [1.165, 1.54) is 18.2 Å². The quantitative estimate of drug-likeness (QED) is 0.757. The van der Waals surface area contributed by atoms with Gasteiger partial charge in [0, 0.05) is 13.1 Å². The topological polar surface area (TPSA) is 32.3 Å². The monoisotopic (exact) mass is 364 g/mol. The third-order valence-corrected chi connectivity index (χ3v) is 3.96. The van der Waals surface area contributed by atoms with Gasteiger partial charge in [-0.2, -0.15) is 0 Å². The Kier molecular flexibility index (Phi) is 6.29. The highest BCUT2D eigenvalue weighted by Gasteiger charge is 2.23. The van der Waals surface area contributed by atoms with E-state index in [1.54, 1.807) is 17.9 Å². The first-order valence-corrected chi connectivity index (χ1v) is 8.55. The Bertz CT molecular complexity index is 806. The van der Waals surface area contributed by atoms with Crippen molar-refractivity contribution < 1.29 is 18.0 Å². The van der Waals surface area contributed by atoms with Gasteiger partial charge in [0.1, 0.15) is 5.82 Å². The van der Waals surface area contributed by atoms with Crippen molar-refractivity contribution in [2.75, 3.05) is 18.4 Å². The maximum atomic E-state index is 14.4. The lowest BCUT2D eigenvalue weighted by atomic mass is 10.1. The number of anilines is 2. The second-order valence-corrected chi connectivity index (χ2v) is 6.63. The van der Waals surface area contributed by atoms with Gasteiger partial charge in [0.15, 0.2) is 11.6 Å². The highest BCUT2D eigenvalue weighted by Crippen LogP contribution is 2.29. The Morgan fingerprint density at radius 2 is 1.81 bits per heavy atom. The minimum absolute atomic E-state index is 0.0268. The van der Waals surface area contributed by atoms with Crippen LogP contribution in [0, 0.1) is 30.3 Å². The van der Waals surface area contributed by atoms with Crippen molar-refractivity contribution in [2.24, 2.45) is 5.92 Å². The zero-order chi connectivity index (χ0) is 19.4. The maximum absolute atomic E-state index is 14.4. The number of aryl methyl sites for hydroxylation is 1. The summed E-state index contributed by atoms with van der Waals surface area (Å²) >= 11 is 0. The second-order valence-electron chi connectivity index (χ2n) is 6.63. The van der Waals surface area contributed by atoms with Crippen LogP contribution >= 0.6 is 0 Å². The average Bonchev–Trinajstić information content (AvgIpc) is 2.58. The van der Waals surface area contributed by atoms with Crippen molar-refractivity contribution in [1.29, 1.82) is 0 Å². The summed E-state index contributed by atoms with van der Waals surface area (Å²) in [7, 11) is 0. The predicted molar refractivity (Wildman–Crippen MR) is 97.2 cm³/mol. The Balaban J connectivity index is 2.47. The van der Waals surface area contributed by atoms with Crippen LogP contribution in [0.5, 0.6) is 0 Å². The first-order valence-electron chi connectivity index (χ1n) is 8.55. The fourth-order valence-electron chi connectivity index (χ4n) is 2.67. The van der Waals surface area contributed by atoms with E-state index in [9.17, 15) is 18.0 Å². The molecule has 0 heterocycles. The Hall–Kier alpha value is -2.50. The van der Waals surface area contributed by atoms with Gasteiger partial charge in [0.05, 0.1) is 16.9 Å². The molecule has 0 aliphatic rings. The molecule has 0 aromatic heterocycles. The smallest absolute Gasteiger partial charge is 0.256 e. The molecule has 2 aromatic carbocycles. The standard InChI is InChI=1S/C20H23F3N2O/c1-5-25(11-12(2)3)20(26)14-7-8-15(21)18(23)19(14)24-17-9-6-13(4)10-16(17)22/h6-10,12,24H,5,11H2,1-4H3. The molecule has 0 saturated heterocycles. The van der Waals surface area contributed by atoms with Crippen LogP contribution in [0.3, 0.4) is 0 Å². The van der Waals surface area contributed by atoms with Crippen molar-refractivity contribution >= 4 is 17.3 Å². The summed E-state index contributed by atoms with van der Waals surface area (Å²) in [6.07, 6.45) is 0. The van der Waals surface area contributed by atoms with Crippen molar-refractivity contribution in [2.45, 2.75) is 27.7 Å². The highest BCUT2D eigenvalue weighted by molar-refractivity contribution is 6.00. The second kappa shape index (κ2) is 8.25.